The van der Waals surface area contributed by atoms with Crippen LogP contribution >= 0.6 is 11.6 Å². The van der Waals surface area contributed by atoms with Gasteiger partial charge in [-0.15, -0.1) is 0 Å². The van der Waals surface area contributed by atoms with Gasteiger partial charge in [-0.1, -0.05) is 11.6 Å². The predicted molar refractivity (Wildman–Crippen MR) is 97.0 cm³/mol. The van der Waals surface area contributed by atoms with Crippen LogP contribution in [-0.2, 0) is 14.3 Å². The van der Waals surface area contributed by atoms with Crippen LogP contribution in [0, 0.1) is 19.8 Å². The summed E-state index contributed by atoms with van der Waals surface area (Å²) in [6.07, 6.45) is 1.86. The summed E-state index contributed by atoms with van der Waals surface area (Å²) in [4.78, 5) is 37.6. The van der Waals surface area contributed by atoms with E-state index in [1.165, 1.54) is 6.92 Å². The van der Waals surface area contributed by atoms with Gasteiger partial charge < -0.3 is 15.0 Å². The summed E-state index contributed by atoms with van der Waals surface area (Å²) in [5.41, 5.74) is 2.26. The number of hydrogen-bond donors (Lipinski definition) is 1. The third-order valence-electron chi connectivity index (χ3n) is 5.15. The highest BCUT2D eigenvalue weighted by molar-refractivity contribution is 6.31. The second-order valence-corrected chi connectivity index (χ2v) is 7.57. The first kappa shape index (κ1) is 18.7. The summed E-state index contributed by atoms with van der Waals surface area (Å²) in [6, 6.07) is 3.73. The van der Waals surface area contributed by atoms with E-state index in [4.69, 9.17) is 16.3 Å². The van der Waals surface area contributed by atoms with Gasteiger partial charge in [-0.25, -0.2) is 0 Å². The standard InChI is InChI=1S/C19H23ClN2O4/c1-10-5-16(20)11(2)4-15(10)19(25)21-8-14-6-13-7-17(13)22(14)18(24)9-26-12(3)23/h4-5,13-14,17H,6-9H2,1-3H3,(H,21,25)/t13-,14+,17+/m1/s1. The van der Waals surface area contributed by atoms with E-state index in [9.17, 15) is 14.4 Å². The number of carbonyl (C=O) groups is 3. The van der Waals surface area contributed by atoms with Crippen LogP contribution in [0.15, 0.2) is 12.1 Å². The van der Waals surface area contributed by atoms with Crippen LogP contribution < -0.4 is 5.32 Å². The molecule has 7 heteroatoms. The number of amides is 2. The van der Waals surface area contributed by atoms with Crippen molar-refractivity contribution in [2.75, 3.05) is 13.2 Å². The zero-order valence-corrected chi connectivity index (χ0v) is 15.9. The molecule has 26 heavy (non-hydrogen) atoms. The molecule has 3 rings (SSSR count). The van der Waals surface area contributed by atoms with Crippen molar-refractivity contribution in [3.8, 4) is 0 Å². The smallest absolute Gasteiger partial charge is 0.303 e. The number of ether oxygens (including phenoxy) is 1. The number of fused-ring (bicyclic) bond motifs is 1. The lowest BCUT2D eigenvalue weighted by atomic mass is 10.0. The lowest BCUT2D eigenvalue weighted by Crippen LogP contribution is -2.46. The molecule has 3 atom stereocenters. The monoisotopic (exact) mass is 378 g/mol. The van der Waals surface area contributed by atoms with E-state index in [2.05, 4.69) is 5.32 Å². The van der Waals surface area contributed by atoms with Crippen LogP contribution in [-0.4, -0.2) is 47.9 Å². The van der Waals surface area contributed by atoms with Gasteiger partial charge in [-0.2, -0.15) is 0 Å². The number of likely N-dealkylation sites (tertiary alicyclic amines) is 1. The molecule has 1 saturated carbocycles. The molecule has 1 heterocycles. The molecule has 1 aromatic carbocycles. The largest absolute Gasteiger partial charge is 0.456 e. The molecular weight excluding hydrogens is 356 g/mol. The van der Waals surface area contributed by atoms with Gasteiger partial charge in [0.25, 0.3) is 11.8 Å². The summed E-state index contributed by atoms with van der Waals surface area (Å²) in [6.45, 7) is 5.14. The van der Waals surface area contributed by atoms with Crippen molar-refractivity contribution in [2.45, 2.75) is 45.7 Å². The molecular formula is C19H23ClN2O4. The molecule has 2 amide bonds. The first-order valence-corrected chi connectivity index (χ1v) is 9.15. The van der Waals surface area contributed by atoms with Gasteiger partial charge in [0.05, 0.1) is 0 Å². The van der Waals surface area contributed by atoms with Crippen LogP contribution in [0.3, 0.4) is 0 Å². The maximum atomic E-state index is 12.5. The van der Waals surface area contributed by atoms with Gasteiger partial charge in [0.15, 0.2) is 6.61 Å². The second kappa shape index (κ2) is 7.27. The Kier molecular flexibility index (Phi) is 5.23. The van der Waals surface area contributed by atoms with Crippen LogP contribution in [0.4, 0.5) is 0 Å². The Morgan fingerprint density at radius 2 is 1.96 bits per heavy atom. The Bertz CT molecular complexity index is 764. The first-order valence-electron chi connectivity index (χ1n) is 8.77. The van der Waals surface area contributed by atoms with E-state index >= 15 is 0 Å². The number of piperidine rings is 1. The van der Waals surface area contributed by atoms with Crippen molar-refractivity contribution in [1.29, 1.82) is 0 Å². The summed E-state index contributed by atoms with van der Waals surface area (Å²) in [7, 11) is 0. The van der Waals surface area contributed by atoms with Gasteiger partial charge in [0.1, 0.15) is 0 Å². The van der Waals surface area contributed by atoms with Gasteiger partial charge >= 0.3 is 5.97 Å². The summed E-state index contributed by atoms with van der Waals surface area (Å²) < 4.78 is 4.84. The fraction of sp³-hybridized carbons (Fsp3) is 0.526. The van der Waals surface area contributed by atoms with Crippen LogP contribution in [0.25, 0.3) is 0 Å². The van der Waals surface area contributed by atoms with Crippen molar-refractivity contribution in [3.05, 3.63) is 33.8 Å². The summed E-state index contributed by atoms with van der Waals surface area (Å²) in [5.74, 6) is -0.334. The molecule has 2 aliphatic rings. The summed E-state index contributed by atoms with van der Waals surface area (Å²) >= 11 is 6.09. The molecule has 1 aromatic rings. The van der Waals surface area contributed by atoms with E-state index < -0.39 is 5.97 Å². The van der Waals surface area contributed by atoms with Crippen LogP contribution in [0.2, 0.25) is 5.02 Å². The molecule has 1 aliphatic heterocycles. The predicted octanol–water partition coefficient (Wildman–Crippen LogP) is 2.24. The molecule has 0 unspecified atom stereocenters. The topological polar surface area (TPSA) is 75.7 Å². The molecule has 2 fully saturated rings. The fourth-order valence-electron chi connectivity index (χ4n) is 3.70. The normalized spacial score (nSPS) is 23.4. The number of carbonyl (C=O) groups excluding carboxylic acids is 3. The minimum Gasteiger partial charge on any atom is -0.456 e. The number of halogens is 1. The highest BCUT2D eigenvalue weighted by Gasteiger charge is 2.53. The number of nitrogens with one attached hydrogen (secondary N) is 1. The Morgan fingerprint density at radius 3 is 2.65 bits per heavy atom. The third kappa shape index (κ3) is 3.85. The Hall–Kier alpha value is -2.08. The lowest BCUT2D eigenvalue weighted by Gasteiger charge is -2.27. The SMILES string of the molecule is CC(=O)OCC(=O)N1[C@H](CNC(=O)c2cc(C)c(Cl)cc2C)C[C@@H]2C[C@@H]21. The highest BCUT2D eigenvalue weighted by atomic mass is 35.5. The molecule has 0 aromatic heterocycles. The quantitative estimate of drug-likeness (QED) is 0.797. The fourth-order valence-corrected chi connectivity index (χ4v) is 3.92. The average Bonchev–Trinajstić information content (AvgIpc) is 3.24. The van der Waals surface area contributed by atoms with E-state index in [1.807, 2.05) is 13.8 Å². The molecule has 1 saturated heterocycles. The average molecular weight is 379 g/mol. The van der Waals surface area contributed by atoms with Gasteiger partial charge in [-0.05, 0) is 55.9 Å². The van der Waals surface area contributed by atoms with E-state index in [-0.39, 0.29) is 30.5 Å². The molecule has 0 bridgehead atoms. The van der Waals surface area contributed by atoms with E-state index in [1.54, 1.807) is 17.0 Å². The van der Waals surface area contributed by atoms with Gasteiger partial charge in [-0.3, -0.25) is 14.4 Å². The Balaban J connectivity index is 1.61. The number of aryl methyl sites for hydroxylation is 2. The second-order valence-electron chi connectivity index (χ2n) is 7.16. The number of rotatable bonds is 5. The number of hydrogen-bond acceptors (Lipinski definition) is 4. The molecule has 140 valence electrons. The maximum absolute atomic E-state index is 12.5. The van der Waals surface area contributed by atoms with Crippen molar-refractivity contribution in [1.82, 2.24) is 10.2 Å². The highest BCUT2D eigenvalue weighted by Crippen LogP contribution is 2.47. The van der Waals surface area contributed by atoms with Crippen LogP contribution in [0.1, 0.15) is 41.3 Å². The van der Waals surface area contributed by atoms with Crippen LogP contribution in [0.5, 0.6) is 0 Å². The minimum atomic E-state index is -0.469. The molecule has 1 aliphatic carbocycles. The van der Waals surface area contributed by atoms with Crippen molar-refractivity contribution in [3.63, 3.8) is 0 Å². The first-order chi connectivity index (χ1) is 12.3. The Labute approximate surface area is 157 Å². The number of esters is 1. The molecule has 0 spiro atoms. The maximum Gasteiger partial charge on any atom is 0.303 e. The van der Waals surface area contributed by atoms with Crippen molar-refractivity contribution < 1.29 is 19.1 Å². The molecule has 6 nitrogen and oxygen atoms in total. The van der Waals surface area contributed by atoms with Crippen molar-refractivity contribution in [2.24, 2.45) is 5.92 Å². The minimum absolute atomic E-state index is 0.0561. The molecule has 1 N–H and O–H groups in total. The number of nitrogens with zero attached hydrogens (tertiary/aromatic N) is 1. The van der Waals surface area contributed by atoms with E-state index in [0.29, 0.717) is 23.0 Å². The third-order valence-corrected chi connectivity index (χ3v) is 5.55. The summed E-state index contributed by atoms with van der Waals surface area (Å²) in [5, 5.41) is 3.57. The molecule has 0 radical (unpaired) electrons. The lowest BCUT2D eigenvalue weighted by molar-refractivity contribution is -0.151. The zero-order chi connectivity index (χ0) is 19.0. The van der Waals surface area contributed by atoms with Crippen molar-refractivity contribution >= 4 is 29.4 Å². The number of benzene rings is 1. The Morgan fingerprint density at radius 1 is 1.23 bits per heavy atom. The zero-order valence-electron chi connectivity index (χ0n) is 15.2. The van der Waals surface area contributed by atoms with Gasteiger partial charge in [0.2, 0.25) is 0 Å². The van der Waals surface area contributed by atoms with Gasteiger partial charge in [0, 0.05) is 36.1 Å². The van der Waals surface area contributed by atoms with E-state index in [0.717, 1.165) is 24.0 Å².